The number of hydrogen-bond acceptors (Lipinski definition) is 5. The van der Waals surface area contributed by atoms with Gasteiger partial charge in [0.1, 0.15) is 12.6 Å². The van der Waals surface area contributed by atoms with E-state index < -0.39 is 15.9 Å². The van der Waals surface area contributed by atoms with E-state index in [-0.39, 0.29) is 30.1 Å². The molecule has 0 heterocycles. The minimum atomic E-state index is -0.665. The highest BCUT2D eigenvalue weighted by atomic mass is 27.2. The highest BCUT2D eigenvalue weighted by molar-refractivity contribution is 6.18. The van der Waals surface area contributed by atoms with Crippen LogP contribution in [0.4, 0.5) is 0 Å². The number of carbonyl (C=O) groups is 2. The van der Waals surface area contributed by atoms with Gasteiger partial charge in [0.15, 0.2) is 0 Å². The monoisotopic (exact) mass is 381 g/mol. The molecule has 5 nitrogen and oxygen atoms in total. The fourth-order valence-electron chi connectivity index (χ4n) is 4.26. The molecule has 0 saturated heterocycles. The predicted molar refractivity (Wildman–Crippen MR) is 101 cm³/mol. The summed E-state index contributed by atoms with van der Waals surface area (Å²) in [6.07, 6.45) is 11.0. The third kappa shape index (κ3) is 6.73. The summed E-state index contributed by atoms with van der Waals surface area (Å²) >= 11 is -0.665. The molecule has 0 bridgehead atoms. The highest BCUT2D eigenvalue weighted by Gasteiger charge is 2.34. The minimum absolute atomic E-state index is 0.00642. The molecule has 6 unspecified atom stereocenters. The van der Waals surface area contributed by atoms with Crippen LogP contribution in [0.2, 0.25) is 0 Å². The molecule has 6 atom stereocenters. The van der Waals surface area contributed by atoms with E-state index in [0.29, 0.717) is 5.92 Å². The van der Waals surface area contributed by atoms with Gasteiger partial charge in [0.2, 0.25) is 0 Å². The molecule has 0 amide bonds. The Morgan fingerprint density at radius 2 is 1.54 bits per heavy atom. The van der Waals surface area contributed by atoms with Crippen molar-refractivity contribution >= 4 is 28.5 Å². The molecule has 26 heavy (non-hydrogen) atoms. The maximum atomic E-state index is 11.4. The molecule has 0 aromatic heterocycles. The van der Waals surface area contributed by atoms with E-state index in [1.807, 2.05) is 0 Å². The lowest BCUT2D eigenvalue weighted by Gasteiger charge is -2.36. The Balaban J connectivity index is 1.80. The van der Waals surface area contributed by atoms with Crippen LogP contribution in [0.15, 0.2) is 0 Å². The summed E-state index contributed by atoms with van der Waals surface area (Å²) in [5, 5.41) is 0. The van der Waals surface area contributed by atoms with Crippen LogP contribution in [-0.4, -0.2) is 53.4 Å². The van der Waals surface area contributed by atoms with Crippen LogP contribution in [0.1, 0.15) is 71.6 Å². The Hall–Kier alpha value is -0.248. The Labute approximate surface area is 164 Å². The first-order valence-electron chi connectivity index (χ1n) is 10.4. The van der Waals surface area contributed by atoms with Crippen molar-refractivity contribution in [1.29, 1.82) is 0 Å². The Kier molecular flexibility index (Phi) is 10.4. The number of ether oxygens (including phenoxy) is 1. The first-order chi connectivity index (χ1) is 12.7. The molecule has 1 radical (unpaired) electrons. The highest BCUT2D eigenvalue weighted by Crippen LogP contribution is 2.33. The summed E-state index contributed by atoms with van der Waals surface area (Å²) in [4.78, 5) is 22.7. The van der Waals surface area contributed by atoms with Crippen molar-refractivity contribution in [2.24, 2.45) is 17.8 Å². The molecule has 0 aliphatic heterocycles. The van der Waals surface area contributed by atoms with E-state index in [1.54, 1.807) is 0 Å². The first-order valence-corrected chi connectivity index (χ1v) is 11.3. The van der Waals surface area contributed by atoms with Gasteiger partial charge in [-0.05, 0) is 50.9 Å². The number of hydrogen-bond donors (Lipinski definition) is 0. The van der Waals surface area contributed by atoms with Crippen molar-refractivity contribution in [2.45, 2.75) is 89.9 Å². The normalized spacial score (nSPS) is 35.0. The third-order valence-electron chi connectivity index (χ3n) is 5.81. The van der Waals surface area contributed by atoms with Crippen LogP contribution in [0, 0.1) is 17.8 Å². The van der Waals surface area contributed by atoms with E-state index in [2.05, 4.69) is 13.8 Å². The quantitative estimate of drug-likeness (QED) is 0.405. The Morgan fingerprint density at radius 3 is 2.15 bits per heavy atom. The van der Waals surface area contributed by atoms with Gasteiger partial charge in [-0.1, -0.05) is 26.7 Å². The second-order valence-electron chi connectivity index (χ2n) is 7.82. The maximum Gasteiger partial charge on any atom is 0.668 e. The number of aldehydes is 2. The van der Waals surface area contributed by atoms with Crippen LogP contribution in [-0.2, 0) is 21.9 Å². The van der Waals surface area contributed by atoms with Crippen molar-refractivity contribution in [3.05, 3.63) is 0 Å². The summed E-state index contributed by atoms with van der Waals surface area (Å²) in [6, 6.07) is 0. The van der Waals surface area contributed by atoms with E-state index in [1.165, 1.54) is 12.8 Å². The zero-order chi connectivity index (χ0) is 18.8. The van der Waals surface area contributed by atoms with Crippen molar-refractivity contribution in [3.8, 4) is 0 Å². The Bertz CT molecular complexity index is 419. The number of carbonyl (C=O) groups excluding carboxylic acids is 2. The second kappa shape index (κ2) is 12.3. The molecular formula is C20H34AlO5. The zero-order valence-corrected chi connectivity index (χ0v) is 17.5. The fraction of sp³-hybridized carbons (Fsp3) is 0.900. The summed E-state index contributed by atoms with van der Waals surface area (Å²) < 4.78 is 17.9. The molecule has 2 rings (SSSR count). The van der Waals surface area contributed by atoms with Gasteiger partial charge in [-0.2, -0.15) is 0 Å². The molecular weight excluding hydrogens is 347 g/mol. The molecule has 147 valence electrons. The smallest absolute Gasteiger partial charge is 0.481 e. The van der Waals surface area contributed by atoms with Crippen molar-refractivity contribution < 1.29 is 21.9 Å². The van der Waals surface area contributed by atoms with Crippen LogP contribution in [0.3, 0.4) is 0 Å². The summed E-state index contributed by atoms with van der Waals surface area (Å²) in [5.41, 5.74) is 0. The standard InChI is InChI=1S/C10H17O3.C10H17O2.Al/c1-2-5-13-9-4-3-8(7-11)10(12)6-9;1-2-3-8-4-5-9(7-11)10(12)6-8;/h7-10H,2-6H2,1H3;7-10H,2-6H2,1H3;/q2*-1;+2. The van der Waals surface area contributed by atoms with Crippen molar-refractivity contribution in [2.75, 3.05) is 6.61 Å². The van der Waals surface area contributed by atoms with E-state index in [4.69, 9.17) is 12.3 Å². The average molecular weight is 381 g/mol. The predicted octanol–water partition coefficient (Wildman–Crippen LogP) is 3.50. The molecule has 2 aliphatic rings. The van der Waals surface area contributed by atoms with Gasteiger partial charge in [-0.3, -0.25) is 0 Å². The van der Waals surface area contributed by atoms with Gasteiger partial charge < -0.3 is 21.9 Å². The maximum absolute atomic E-state index is 11.4. The molecule has 2 fully saturated rings. The van der Waals surface area contributed by atoms with Crippen LogP contribution >= 0.6 is 0 Å². The van der Waals surface area contributed by atoms with Gasteiger partial charge >= 0.3 is 15.9 Å². The average Bonchev–Trinajstić information content (AvgIpc) is 2.67. The van der Waals surface area contributed by atoms with E-state index >= 15 is 0 Å². The van der Waals surface area contributed by atoms with Crippen molar-refractivity contribution in [1.82, 2.24) is 0 Å². The van der Waals surface area contributed by atoms with Crippen LogP contribution in [0.25, 0.3) is 0 Å². The molecule has 0 N–H and O–H groups in total. The van der Waals surface area contributed by atoms with Gasteiger partial charge in [-0.15, -0.1) is 0 Å². The summed E-state index contributed by atoms with van der Waals surface area (Å²) in [5.74, 6) is 0.589. The van der Waals surface area contributed by atoms with E-state index in [0.717, 1.165) is 64.1 Å². The molecule has 0 aromatic rings. The SMILES string of the molecule is CCCOC1CCC(C=O)C([O][Al][O]C2CC(CCC)CCC2C=O)C1. The fourth-order valence-corrected chi connectivity index (χ4v) is 5.23. The largest absolute Gasteiger partial charge is 0.668 e. The van der Waals surface area contributed by atoms with Crippen LogP contribution in [0.5, 0.6) is 0 Å². The lowest BCUT2D eigenvalue weighted by atomic mass is 9.79. The summed E-state index contributed by atoms with van der Waals surface area (Å²) in [7, 11) is 0. The number of rotatable bonds is 11. The minimum Gasteiger partial charge on any atom is -0.481 e. The van der Waals surface area contributed by atoms with Crippen LogP contribution < -0.4 is 0 Å². The van der Waals surface area contributed by atoms with Crippen molar-refractivity contribution in [3.63, 3.8) is 0 Å². The van der Waals surface area contributed by atoms with Gasteiger partial charge in [-0.25, -0.2) is 0 Å². The Morgan fingerprint density at radius 1 is 0.885 bits per heavy atom. The first kappa shape index (κ1) is 22.0. The molecule has 2 aliphatic carbocycles. The lowest BCUT2D eigenvalue weighted by Crippen LogP contribution is -2.39. The molecule has 2 saturated carbocycles. The molecule has 0 spiro atoms. The van der Waals surface area contributed by atoms with E-state index in [9.17, 15) is 9.59 Å². The van der Waals surface area contributed by atoms with Gasteiger partial charge in [0.05, 0.1) is 6.10 Å². The van der Waals surface area contributed by atoms with Gasteiger partial charge in [0.25, 0.3) is 0 Å². The lowest BCUT2D eigenvalue weighted by molar-refractivity contribution is -0.118. The second-order valence-corrected chi connectivity index (χ2v) is 8.56. The topological polar surface area (TPSA) is 61.8 Å². The summed E-state index contributed by atoms with van der Waals surface area (Å²) in [6.45, 7) is 5.06. The molecule has 0 aromatic carbocycles. The molecule has 6 heteroatoms. The third-order valence-corrected chi connectivity index (χ3v) is 6.73. The zero-order valence-electron chi connectivity index (χ0n) is 16.3. The van der Waals surface area contributed by atoms with Gasteiger partial charge in [0, 0.05) is 30.7 Å².